The summed E-state index contributed by atoms with van der Waals surface area (Å²) < 4.78 is 0. The number of carbonyl (C=O) groups excluding carboxylic acids is 1. The molecule has 0 aliphatic carbocycles. The summed E-state index contributed by atoms with van der Waals surface area (Å²) in [5.74, 6) is -0.284. The summed E-state index contributed by atoms with van der Waals surface area (Å²) in [5, 5.41) is 3.64. The third-order valence-corrected chi connectivity index (χ3v) is 3.46. The van der Waals surface area contributed by atoms with Gasteiger partial charge in [0.05, 0.1) is 16.2 Å². The van der Waals surface area contributed by atoms with E-state index in [1.165, 1.54) is 11.3 Å². The van der Waals surface area contributed by atoms with Crippen LogP contribution in [0, 0.1) is 6.92 Å². The largest absolute Gasteiger partial charge is 0.319 e. The van der Waals surface area contributed by atoms with E-state index in [0.717, 1.165) is 4.88 Å². The molecule has 0 fully saturated rings. The van der Waals surface area contributed by atoms with Crippen molar-refractivity contribution in [3.63, 3.8) is 0 Å². The van der Waals surface area contributed by atoms with Crippen LogP contribution in [0.15, 0.2) is 23.7 Å². The van der Waals surface area contributed by atoms with E-state index in [2.05, 4.69) is 10.3 Å². The van der Waals surface area contributed by atoms with Gasteiger partial charge in [0.2, 0.25) is 0 Å². The highest BCUT2D eigenvalue weighted by molar-refractivity contribution is 7.09. The lowest BCUT2D eigenvalue weighted by molar-refractivity contribution is 0.102. The van der Waals surface area contributed by atoms with Gasteiger partial charge in [-0.1, -0.05) is 23.2 Å². The fourth-order valence-corrected chi connectivity index (χ4v) is 2.21. The highest BCUT2D eigenvalue weighted by Gasteiger charge is 2.13. The Morgan fingerprint density at radius 2 is 2.18 bits per heavy atom. The Labute approximate surface area is 112 Å². The molecule has 1 N–H and O–H groups in total. The van der Waals surface area contributed by atoms with Gasteiger partial charge in [0.25, 0.3) is 5.91 Å². The summed E-state index contributed by atoms with van der Waals surface area (Å²) in [6.07, 6.45) is 0. The first-order valence-electron chi connectivity index (χ1n) is 4.74. The van der Waals surface area contributed by atoms with E-state index in [9.17, 15) is 4.79 Å². The van der Waals surface area contributed by atoms with Gasteiger partial charge in [-0.05, 0) is 25.1 Å². The third-order valence-electron chi connectivity index (χ3n) is 2.14. The van der Waals surface area contributed by atoms with Crippen LogP contribution in [0.3, 0.4) is 0 Å². The van der Waals surface area contributed by atoms with Gasteiger partial charge in [0.15, 0.2) is 0 Å². The topological polar surface area (TPSA) is 42.0 Å². The highest BCUT2D eigenvalue weighted by Crippen LogP contribution is 2.26. The van der Waals surface area contributed by atoms with Gasteiger partial charge in [-0.2, -0.15) is 0 Å². The number of halogens is 2. The molecule has 0 saturated heterocycles. The summed E-state index contributed by atoms with van der Waals surface area (Å²) in [6.45, 7) is 1.84. The van der Waals surface area contributed by atoms with Crippen LogP contribution in [0.5, 0.6) is 0 Å². The predicted molar refractivity (Wildman–Crippen MR) is 71.3 cm³/mol. The first kappa shape index (κ1) is 12.4. The van der Waals surface area contributed by atoms with Crippen LogP contribution in [0.2, 0.25) is 10.0 Å². The number of carbonyl (C=O) groups is 1. The highest BCUT2D eigenvalue weighted by atomic mass is 35.5. The Hall–Kier alpha value is -1.10. The number of rotatable bonds is 2. The van der Waals surface area contributed by atoms with E-state index in [1.54, 1.807) is 23.7 Å². The van der Waals surface area contributed by atoms with Crippen molar-refractivity contribution in [2.45, 2.75) is 6.92 Å². The molecule has 1 amide bonds. The molecule has 0 saturated carbocycles. The van der Waals surface area contributed by atoms with Crippen molar-refractivity contribution in [1.29, 1.82) is 0 Å². The minimum absolute atomic E-state index is 0.284. The number of nitrogens with zero attached hydrogens (tertiary/aromatic N) is 1. The number of nitrogens with one attached hydrogen (secondary N) is 1. The van der Waals surface area contributed by atoms with E-state index >= 15 is 0 Å². The Kier molecular flexibility index (Phi) is 3.66. The molecular formula is C11H8Cl2N2OS. The lowest BCUT2D eigenvalue weighted by atomic mass is 10.3. The second-order valence-corrected chi connectivity index (χ2v) is 5.24. The van der Waals surface area contributed by atoms with Gasteiger partial charge in [-0.3, -0.25) is 4.79 Å². The van der Waals surface area contributed by atoms with Gasteiger partial charge in [0.1, 0.15) is 5.69 Å². The Morgan fingerprint density at radius 1 is 1.41 bits per heavy atom. The summed E-state index contributed by atoms with van der Waals surface area (Å²) >= 11 is 13.2. The molecule has 0 bridgehead atoms. The van der Waals surface area contributed by atoms with Crippen molar-refractivity contribution < 1.29 is 4.79 Å². The van der Waals surface area contributed by atoms with E-state index in [0.29, 0.717) is 21.4 Å². The number of anilines is 1. The molecule has 0 radical (unpaired) electrons. The summed E-state index contributed by atoms with van der Waals surface area (Å²) in [6, 6.07) is 4.89. The molecule has 0 atom stereocenters. The molecular weight excluding hydrogens is 279 g/mol. The average molecular weight is 287 g/mol. The number of amides is 1. The predicted octanol–water partition coefficient (Wildman–Crippen LogP) is 4.01. The van der Waals surface area contributed by atoms with Crippen LogP contribution < -0.4 is 5.32 Å². The minimum atomic E-state index is -0.284. The fourth-order valence-electron chi connectivity index (χ4n) is 1.30. The molecule has 1 heterocycles. The first-order chi connectivity index (χ1) is 8.08. The van der Waals surface area contributed by atoms with Gasteiger partial charge in [-0.15, -0.1) is 11.3 Å². The van der Waals surface area contributed by atoms with E-state index in [1.807, 2.05) is 6.92 Å². The second-order valence-electron chi connectivity index (χ2n) is 3.34. The lowest BCUT2D eigenvalue weighted by Gasteiger charge is -2.06. The maximum absolute atomic E-state index is 11.9. The summed E-state index contributed by atoms with van der Waals surface area (Å²) in [5.41, 5.74) is 2.52. The Balaban J connectivity index is 2.24. The minimum Gasteiger partial charge on any atom is -0.319 e. The van der Waals surface area contributed by atoms with Crippen molar-refractivity contribution in [2.24, 2.45) is 0 Å². The van der Waals surface area contributed by atoms with Crippen LogP contribution in [0.25, 0.3) is 0 Å². The second kappa shape index (κ2) is 5.04. The van der Waals surface area contributed by atoms with E-state index in [-0.39, 0.29) is 5.91 Å². The zero-order valence-corrected chi connectivity index (χ0v) is 11.2. The van der Waals surface area contributed by atoms with Crippen LogP contribution in [-0.2, 0) is 0 Å². The molecule has 6 heteroatoms. The van der Waals surface area contributed by atoms with Crippen molar-refractivity contribution in [1.82, 2.24) is 4.98 Å². The van der Waals surface area contributed by atoms with E-state index < -0.39 is 0 Å². The molecule has 3 nitrogen and oxygen atoms in total. The Bertz CT molecular complexity index is 568. The van der Waals surface area contributed by atoms with Gasteiger partial charge >= 0.3 is 0 Å². The SMILES string of the molecule is Cc1scnc1C(=O)Nc1cc(Cl)ccc1Cl. The monoisotopic (exact) mass is 286 g/mol. The van der Waals surface area contributed by atoms with Crippen LogP contribution in [0.1, 0.15) is 15.4 Å². The number of benzene rings is 1. The Morgan fingerprint density at radius 3 is 2.82 bits per heavy atom. The standard InChI is InChI=1S/C11H8Cl2N2OS/c1-6-10(14-5-17-6)11(16)15-9-4-7(12)2-3-8(9)13/h2-5H,1H3,(H,15,16). The van der Waals surface area contributed by atoms with Gasteiger partial charge in [-0.25, -0.2) is 4.98 Å². The zero-order valence-electron chi connectivity index (χ0n) is 8.83. The molecule has 0 aliphatic rings. The summed E-state index contributed by atoms with van der Waals surface area (Å²) in [7, 11) is 0. The summed E-state index contributed by atoms with van der Waals surface area (Å²) in [4.78, 5) is 16.7. The molecule has 1 aromatic carbocycles. The van der Waals surface area contributed by atoms with Crippen molar-refractivity contribution in [2.75, 3.05) is 5.32 Å². The first-order valence-corrected chi connectivity index (χ1v) is 6.38. The average Bonchev–Trinajstić information content (AvgIpc) is 2.70. The smallest absolute Gasteiger partial charge is 0.275 e. The molecule has 0 aliphatic heterocycles. The number of hydrogen-bond donors (Lipinski definition) is 1. The quantitative estimate of drug-likeness (QED) is 0.906. The molecule has 17 heavy (non-hydrogen) atoms. The molecule has 88 valence electrons. The molecule has 2 rings (SSSR count). The number of aromatic nitrogens is 1. The maximum Gasteiger partial charge on any atom is 0.275 e. The lowest BCUT2D eigenvalue weighted by Crippen LogP contribution is -2.13. The molecule has 1 aromatic heterocycles. The zero-order chi connectivity index (χ0) is 12.4. The molecule has 2 aromatic rings. The van der Waals surface area contributed by atoms with Crippen LogP contribution in [0.4, 0.5) is 5.69 Å². The van der Waals surface area contributed by atoms with Crippen molar-refractivity contribution in [3.8, 4) is 0 Å². The number of thiazole rings is 1. The van der Waals surface area contributed by atoms with Gasteiger partial charge < -0.3 is 5.32 Å². The maximum atomic E-state index is 11.9. The third kappa shape index (κ3) is 2.77. The van der Waals surface area contributed by atoms with Gasteiger partial charge in [0, 0.05) is 9.90 Å². The number of aryl methyl sites for hydroxylation is 1. The molecule has 0 spiro atoms. The van der Waals surface area contributed by atoms with Crippen LogP contribution >= 0.6 is 34.5 Å². The van der Waals surface area contributed by atoms with Crippen molar-refractivity contribution >= 4 is 46.1 Å². The van der Waals surface area contributed by atoms with Crippen molar-refractivity contribution in [3.05, 3.63) is 44.3 Å². The fraction of sp³-hybridized carbons (Fsp3) is 0.0909. The number of hydrogen-bond acceptors (Lipinski definition) is 3. The normalized spacial score (nSPS) is 10.3. The van der Waals surface area contributed by atoms with Crippen LogP contribution in [-0.4, -0.2) is 10.9 Å². The molecule has 0 unspecified atom stereocenters. The van der Waals surface area contributed by atoms with E-state index in [4.69, 9.17) is 23.2 Å².